The molecule has 0 bridgehead atoms. The second-order valence-electron chi connectivity index (χ2n) is 5.15. The summed E-state index contributed by atoms with van der Waals surface area (Å²) in [4.78, 5) is 13.7. The maximum atomic E-state index is 13.0. The topological polar surface area (TPSA) is 32.3 Å². The van der Waals surface area contributed by atoms with Gasteiger partial charge in [0.15, 0.2) is 0 Å². The summed E-state index contributed by atoms with van der Waals surface area (Å²) in [5.74, 6) is -1.02. The van der Waals surface area contributed by atoms with Gasteiger partial charge < -0.3 is 10.2 Å². The largest absolute Gasteiger partial charge is 0.342 e. The highest BCUT2D eigenvalue weighted by atomic mass is 19.1. The zero-order chi connectivity index (χ0) is 14.4. The van der Waals surface area contributed by atoms with Gasteiger partial charge >= 0.3 is 0 Å². The zero-order valence-corrected chi connectivity index (χ0v) is 11.5. The van der Waals surface area contributed by atoms with E-state index in [1.54, 1.807) is 0 Å². The number of carbonyl (C=O) groups excluding carboxylic acids is 1. The second kappa shape index (κ2) is 7.33. The number of hydrogen-bond donors (Lipinski definition) is 1. The first kappa shape index (κ1) is 14.9. The van der Waals surface area contributed by atoms with Gasteiger partial charge in [0, 0.05) is 19.2 Å². The van der Waals surface area contributed by atoms with E-state index in [2.05, 4.69) is 5.32 Å². The molecule has 1 aliphatic rings. The molecule has 5 heteroatoms. The van der Waals surface area contributed by atoms with E-state index in [9.17, 15) is 13.6 Å². The molecule has 0 radical (unpaired) electrons. The molecular formula is C15H20F2N2O. The maximum absolute atomic E-state index is 13.0. The molecule has 0 saturated carbocycles. The van der Waals surface area contributed by atoms with Crippen LogP contribution in [0, 0.1) is 11.6 Å². The Morgan fingerprint density at radius 2 is 1.75 bits per heavy atom. The van der Waals surface area contributed by atoms with Gasteiger partial charge in [0.25, 0.3) is 0 Å². The number of rotatable bonds is 5. The molecule has 1 heterocycles. The van der Waals surface area contributed by atoms with Crippen LogP contribution >= 0.6 is 0 Å². The Labute approximate surface area is 118 Å². The van der Waals surface area contributed by atoms with Crippen molar-refractivity contribution in [1.29, 1.82) is 0 Å². The van der Waals surface area contributed by atoms with Crippen LogP contribution in [0.15, 0.2) is 18.2 Å². The van der Waals surface area contributed by atoms with Crippen LogP contribution in [0.5, 0.6) is 0 Å². The normalized spacial score (nSPS) is 15.4. The fourth-order valence-electron chi connectivity index (χ4n) is 2.44. The fraction of sp³-hybridized carbons (Fsp3) is 0.533. The van der Waals surface area contributed by atoms with Crippen molar-refractivity contribution < 1.29 is 13.6 Å². The van der Waals surface area contributed by atoms with Crippen LogP contribution in [0.25, 0.3) is 0 Å². The molecule has 1 aromatic rings. The van der Waals surface area contributed by atoms with E-state index in [0.29, 0.717) is 18.5 Å². The predicted molar refractivity (Wildman–Crippen MR) is 73.4 cm³/mol. The van der Waals surface area contributed by atoms with Crippen LogP contribution in [-0.4, -0.2) is 37.0 Å². The van der Waals surface area contributed by atoms with Crippen LogP contribution in [0.2, 0.25) is 0 Å². The van der Waals surface area contributed by atoms with E-state index < -0.39 is 11.6 Å². The molecule has 0 unspecified atom stereocenters. The smallest absolute Gasteiger partial charge is 0.236 e. The van der Waals surface area contributed by atoms with E-state index in [4.69, 9.17) is 0 Å². The van der Waals surface area contributed by atoms with Gasteiger partial charge in [-0.15, -0.1) is 0 Å². The number of benzene rings is 1. The van der Waals surface area contributed by atoms with Gasteiger partial charge in [-0.3, -0.25) is 4.79 Å². The van der Waals surface area contributed by atoms with Gasteiger partial charge in [-0.25, -0.2) is 8.78 Å². The highest BCUT2D eigenvalue weighted by molar-refractivity contribution is 5.78. The molecule has 1 N–H and O–H groups in total. The summed E-state index contributed by atoms with van der Waals surface area (Å²) in [5, 5.41) is 3.03. The fourth-order valence-corrected chi connectivity index (χ4v) is 2.44. The molecule has 0 spiro atoms. The van der Waals surface area contributed by atoms with Gasteiger partial charge in [0.2, 0.25) is 5.91 Å². The first-order chi connectivity index (χ1) is 9.65. The third-order valence-corrected chi connectivity index (χ3v) is 3.50. The Morgan fingerprint density at radius 3 is 2.40 bits per heavy atom. The van der Waals surface area contributed by atoms with Crippen LogP contribution in [0.4, 0.5) is 8.78 Å². The minimum absolute atomic E-state index is 0.107. The van der Waals surface area contributed by atoms with Crippen LogP contribution < -0.4 is 5.32 Å². The first-order valence-corrected chi connectivity index (χ1v) is 7.08. The number of halogens is 2. The standard InChI is InChI=1S/C15H20F2N2O/c16-13-8-12(9-14(17)10-13)4-5-18-11-15(20)19-6-2-1-3-7-19/h8-10,18H,1-7,11H2. The number of amides is 1. The van der Waals surface area contributed by atoms with Gasteiger partial charge in [-0.05, 0) is 49.9 Å². The lowest BCUT2D eigenvalue weighted by Crippen LogP contribution is -2.41. The molecule has 1 amide bonds. The number of carbonyl (C=O) groups is 1. The SMILES string of the molecule is O=C(CNCCc1cc(F)cc(F)c1)N1CCCCC1. The van der Waals surface area contributed by atoms with Crippen LogP contribution in [-0.2, 0) is 11.2 Å². The maximum Gasteiger partial charge on any atom is 0.236 e. The zero-order valence-electron chi connectivity index (χ0n) is 11.5. The van der Waals surface area contributed by atoms with Crippen molar-refractivity contribution >= 4 is 5.91 Å². The highest BCUT2D eigenvalue weighted by Gasteiger charge is 2.15. The molecule has 1 aromatic carbocycles. The molecule has 3 nitrogen and oxygen atoms in total. The molecular weight excluding hydrogens is 262 g/mol. The quantitative estimate of drug-likeness (QED) is 0.839. The molecule has 0 aromatic heterocycles. The number of likely N-dealkylation sites (tertiary alicyclic amines) is 1. The van der Waals surface area contributed by atoms with Gasteiger partial charge in [-0.1, -0.05) is 0 Å². The lowest BCUT2D eigenvalue weighted by Gasteiger charge is -2.26. The van der Waals surface area contributed by atoms with Crippen molar-refractivity contribution in [3.05, 3.63) is 35.4 Å². The van der Waals surface area contributed by atoms with E-state index in [1.807, 2.05) is 4.90 Å². The van der Waals surface area contributed by atoms with E-state index >= 15 is 0 Å². The highest BCUT2D eigenvalue weighted by Crippen LogP contribution is 2.09. The molecule has 1 aliphatic heterocycles. The molecule has 1 saturated heterocycles. The molecule has 0 atom stereocenters. The number of nitrogens with zero attached hydrogens (tertiary/aromatic N) is 1. The molecule has 1 fully saturated rings. The molecule has 2 rings (SSSR count). The summed E-state index contributed by atoms with van der Waals surface area (Å²) in [7, 11) is 0. The van der Waals surface area contributed by atoms with Crippen molar-refractivity contribution in [2.45, 2.75) is 25.7 Å². The Balaban J connectivity index is 1.69. The second-order valence-corrected chi connectivity index (χ2v) is 5.15. The lowest BCUT2D eigenvalue weighted by molar-refractivity contribution is -0.131. The van der Waals surface area contributed by atoms with E-state index in [-0.39, 0.29) is 12.5 Å². The lowest BCUT2D eigenvalue weighted by atomic mass is 10.1. The number of nitrogens with one attached hydrogen (secondary N) is 1. The number of piperidine rings is 1. The van der Waals surface area contributed by atoms with Crippen molar-refractivity contribution in [3.63, 3.8) is 0 Å². The predicted octanol–water partition coefficient (Wildman–Crippen LogP) is 2.11. The third-order valence-electron chi connectivity index (χ3n) is 3.50. The summed E-state index contributed by atoms with van der Waals surface area (Å²) in [6.07, 6.45) is 3.85. The summed E-state index contributed by atoms with van der Waals surface area (Å²) in [6, 6.07) is 3.49. The Kier molecular flexibility index (Phi) is 5.47. The van der Waals surface area contributed by atoms with Gasteiger partial charge in [0.05, 0.1) is 6.54 Å². The third kappa shape index (κ3) is 4.56. The van der Waals surface area contributed by atoms with Crippen LogP contribution in [0.3, 0.4) is 0 Å². The van der Waals surface area contributed by atoms with Crippen molar-refractivity contribution in [2.75, 3.05) is 26.2 Å². The molecule has 110 valence electrons. The average molecular weight is 282 g/mol. The summed E-state index contributed by atoms with van der Waals surface area (Å²) < 4.78 is 26.0. The van der Waals surface area contributed by atoms with E-state index in [1.165, 1.54) is 18.6 Å². The molecule has 20 heavy (non-hydrogen) atoms. The summed E-state index contributed by atoms with van der Waals surface area (Å²) in [6.45, 7) is 2.51. The summed E-state index contributed by atoms with van der Waals surface area (Å²) in [5.41, 5.74) is 0.598. The Morgan fingerprint density at radius 1 is 1.10 bits per heavy atom. The number of hydrogen-bond acceptors (Lipinski definition) is 2. The Hall–Kier alpha value is -1.49. The van der Waals surface area contributed by atoms with Gasteiger partial charge in [-0.2, -0.15) is 0 Å². The minimum atomic E-state index is -0.565. The first-order valence-electron chi connectivity index (χ1n) is 7.08. The Bertz CT molecular complexity index is 439. The van der Waals surface area contributed by atoms with Crippen molar-refractivity contribution in [2.24, 2.45) is 0 Å². The van der Waals surface area contributed by atoms with E-state index in [0.717, 1.165) is 32.0 Å². The van der Waals surface area contributed by atoms with Crippen molar-refractivity contribution in [1.82, 2.24) is 10.2 Å². The molecule has 0 aliphatic carbocycles. The van der Waals surface area contributed by atoms with Gasteiger partial charge in [0.1, 0.15) is 11.6 Å². The minimum Gasteiger partial charge on any atom is -0.342 e. The average Bonchev–Trinajstić information content (AvgIpc) is 2.43. The van der Waals surface area contributed by atoms with Crippen molar-refractivity contribution in [3.8, 4) is 0 Å². The summed E-state index contributed by atoms with van der Waals surface area (Å²) >= 11 is 0. The monoisotopic (exact) mass is 282 g/mol. The van der Waals surface area contributed by atoms with Crippen LogP contribution in [0.1, 0.15) is 24.8 Å².